The molecule has 0 aliphatic heterocycles. The number of hydrogen-bond acceptors (Lipinski definition) is 5. The summed E-state index contributed by atoms with van der Waals surface area (Å²) in [6, 6.07) is 6.61. The second kappa shape index (κ2) is 5.42. The van der Waals surface area contributed by atoms with Crippen LogP contribution in [0.15, 0.2) is 36.7 Å². The van der Waals surface area contributed by atoms with Gasteiger partial charge in [0, 0.05) is 6.20 Å². The standard InChI is InChI=1S/C12H10N2O3S/c1-17-12(16)10-5-4-9(18-10)11(15)14-8-3-2-6-13-7-8/h2-7H,1H3,(H,14,15). The van der Waals surface area contributed by atoms with Gasteiger partial charge in [-0.15, -0.1) is 11.3 Å². The molecule has 5 nitrogen and oxygen atoms in total. The molecule has 0 saturated carbocycles. The lowest BCUT2D eigenvalue weighted by atomic mass is 10.3. The Balaban J connectivity index is 2.10. The average molecular weight is 262 g/mol. The number of ether oxygens (including phenoxy) is 1. The van der Waals surface area contributed by atoms with Crippen LogP contribution in [-0.2, 0) is 4.74 Å². The summed E-state index contributed by atoms with van der Waals surface area (Å²) in [5.41, 5.74) is 0.607. The molecule has 1 N–H and O–H groups in total. The molecule has 0 aromatic carbocycles. The molecule has 0 saturated heterocycles. The van der Waals surface area contributed by atoms with E-state index in [1.54, 1.807) is 36.7 Å². The number of carbonyl (C=O) groups excluding carboxylic acids is 2. The normalized spacial score (nSPS) is 9.83. The van der Waals surface area contributed by atoms with Gasteiger partial charge >= 0.3 is 5.97 Å². The van der Waals surface area contributed by atoms with E-state index in [0.29, 0.717) is 15.4 Å². The second-order valence-corrected chi connectivity index (χ2v) is 4.44. The molecule has 0 aliphatic carbocycles. The maximum absolute atomic E-state index is 11.9. The smallest absolute Gasteiger partial charge is 0.348 e. The van der Waals surface area contributed by atoms with Crippen molar-refractivity contribution in [1.82, 2.24) is 4.98 Å². The van der Waals surface area contributed by atoms with Crippen molar-refractivity contribution in [2.45, 2.75) is 0 Å². The van der Waals surface area contributed by atoms with Crippen molar-refractivity contribution in [3.8, 4) is 0 Å². The van der Waals surface area contributed by atoms with Crippen LogP contribution in [-0.4, -0.2) is 24.0 Å². The molecule has 18 heavy (non-hydrogen) atoms. The van der Waals surface area contributed by atoms with Gasteiger partial charge in [0.2, 0.25) is 0 Å². The molecule has 6 heteroatoms. The number of anilines is 1. The zero-order chi connectivity index (χ0) is 13.0. The molecule has 0 aliphatic rings. The van der Waals surface area contributed by atoms with Crippen molar-refractivity contribution in [1.29, 1.82) is 0 Å². The molecule has 2 aromatic rings. The van der Waals surface area contributed by atoms with E-state index < -0.39 is 5.97 Å². The highest BCUT2D eigenvalue weighted by Crippen LogP contribution is 2.18. The second-order valence-electron chi connectivity index (χ2n) is 3.35. The molecule has 2 rings (SSSR count). The highest BCUT2D eigenvalue weighted by atomic mass is 32.1. The minimum absolute atomic E-state index is 0.275. The van der Waals surface area contributed by atoms with E-state index in [1.807, 2.05) is 0 Å². The third-order valence-electron chi connectivity index (χ3n) is 2.14. The van der Waals surface area contributed by atoms with Crippen molar-refractivity contribution >= 4 is 28.9 Å². The number of methoxy groups -OCH3 is 1. The topological polar surface area (TPSA) is 68.3 Å². The largest absolute Gasteiger partial charge is 0.465 e. The molecule has 92 valence electrons. The zero-order valence-electron chi connectivity index (χ0n) is 9.54. The monoisotopic (exact) mass is 262 g/mol. The Kier molecular flexibility index (Phi) is 3.69. The predicted octanol–water partition coefficient (Wildman–Crippen LogP) is 2.18. The Labute approximate surface area is 107 Å². The van der Waals surface area contributed by atoms with E-state index in [1.165, 1.54) is 7.11 Å². The number of thiophene rings is 1. The lowest BCUT2D eigenvalue weighted by Gasteiger charge is -2.01. The molecule has 0 bridgehead atoms. The molecular formula is C12H10N2O3S. The number of carbonyl (C=O) groups is 2. The van der Waals surface area contributed by atoms with Crippen LogP contribution in [0.3, 0.4) is 0 Å². The molecule has 1 amide bonds. The molecule has 0 spiro atoms. The summed E-state index contributed by atoms with van der Waals surface area (Å²) < 4.78 is 4.58. The third-order valence-corrected chi connectivity index (χ3v) is 3.20. The number of nitrogens with zero attached hydrogens (tertiary/aromatic N) is 1. The fourth-order valence-electron chi connectivity index (χ4n) is 1.30. The van der Waals surface area contributed by atoms with E-state index >= 15 is 0 Å². The Morgan fingerprint density at radius 1 is 1.28 bits per heavy atom. The van der Waals surface area contributed by atoms with Gasteiger partial charge in [0.05, 0.1) is 23.9 Å². The van der Waals surface area contributed by atoms with Crippen LogP contribution in [0.25, 0.3) is 0 Å². The molecular weight excluding hydrogens is 252 g/mol. The summed E-state index contributed by atoms with van der Waals surface area (Å²) in [5.74, 6) is -0.719. The van der Waals surface area contributed by atoms with E-state index in [0.717, 1.165) is 11.3 Å². The van der Waals surface area contributed by atoms with E-state index in [4.69, 9.17) is 0 Å². The number of nitrogens with one attached hydrogen (secondary N) is 1. The number of aromatic nitrogens is 1. The van der Waals surface area contributed by atoms with Crippen molar-refractivity contribution < 1.29 is 14.3 Å². The Morgan fingerprint density at radius 3 is 2.72 bits per heavy atom. The van der Waals surface area contributed by atoms with Crippen molar-refractivity contribution in [3.05, 3.63) is 46.4 Å². The van der Waals surface area contributed by atoms with Crippen LogP contribution in [0.2, 0.25) is 0 Å². The van der Waals surface area contributed by atoms with Crippen LogP contribution < -0.4 is 5.32 Å². The van der Waals surface area contributed by atoms with Gasteiger partial charge in [0.15, 0.2) is 0 Å². The molecule has 0 fully saturated rings. The quantitative estimate of drug-likeness (QED) is 0.861. The first-order valence-corrected chi connectivity index (χ1v) is 5.92. The molecule has 2 heterocycles. The van der Waals surface area contributed by atoms with Crippen LogP contribution >= 0.6 is 11.3 Å². The van der Waals surface area contributed by atoms with Gasteiger partial charge in [0.25, 0.3) is 5.91 Å². The summed E-state index contributed by atoms with van der Waals surface area (Å²) in [6.07, 6.45) is 3.17. The first-order chi connectivity index (χ1) is 8.70. The van der Waals surface area contributed by atoms with E-state index in [2.05, 4.69) is 15.0 Å². The van der Waals surface area contributed by atoms with Crippen LogP contribution in [0.1, 0.15) is 19.3 Å². The summed E-state index contributed by atoms with van der Waals surface area (Å²) in [7, 11) is 1.30. The van der Waals surface area contributed by atoms with Crippen LogP contribution in [0.5, 0.6) is 0 Å². The first-order valence-electron chi connectivity index (χ1n) is 5.10. The molecule has 0 atom stereocenters. The fourth-order valence-corrected chi connectivity index (χ4v) is 2.12. The molecule has 0 radical (unpaired) electrons. The lowest BCUT2D eigenvalue weighted by molar-refractivity contribution is 0.0606. The van der Waals surface area contributed by atoms with E-state index in [-0.39, 0.29) is 5.91 Å². The first kappa shape index (κ1) is 12.3. The summed E-state index contributed by atoms with van der Waals surface area (Å²) in [4.78, 5) is 27.8. The number of rotatable bonds is 3. The van der Waals surface area contributed by atoms with Crippen molar-refractivity contribution in [2.24, 2.45) is 0 Å². The minimum atomic E-state index is -0.444. The number of amides is 1. The van der Waals surface area contributed by atoms with Gasteiger partial charge < -0.3 is 10.1 Å². The minimum Gasteiger partial charge on any atom is -0.465 e. The van der Waals surface area contributed by atoms with Gasteiger partial charge in [-0.3, -0.25) is 9.78 Å². The van der Waals surface area contributed by atoms with Gasteiger partial charge in [-0.2, -0.15) is 0 Å². The Hall–Kier alpha value is -2.21. The summed E-state index contributed by atoms with van der Waals surface area (Å²) in [6.45, 7) is 0. The van der Waals surface area contributed by atoms with Gasteiger partial charge in [-0.1, -0.05) is 0 Å². The fraction of sp³-hybridized carbons (Fsp3) is 0.0833. The van der Waals surface area contributed by atoms with Crippen LogP contribution in [0, 0.1) is 0 Å². The number of hydrogen-bond donors (Lipinski definition) is 1. The SMILES string of the molecule is COC(=O)c1ccc(C(=O)Nc2cccnc2)s1. The zero-order valence-corrected chi connectivity index (χ0v) is 10.4. The van der Waals surface area contributed by atoms with E-state index in [9.17, 15) is 9.59 Å². The van der Waals surface area contributed by atoms with Crippen molar-refractivity contribution in [2.75, 3.05) is 12.4 Å². The highest BCUT2D eigenvalue weighted by Gasteiger charge is 2.13. The third kappa shape index (κ3) is 2.72. The number of pyridine rings is 1. The maximum atomic E-state index is 11.9. The Bertz CT molecular complexity index is 566. The lowest BCUT2D eigenvalue weighted by Crippen LogP contribution is -2.10. The maximum Gasteiger partial charge on any atom is 0.348 e. The van der Waals surface area contributed by atoms with Crippen molar-refractivity contribution in [3.63, 3.8) is 0 Å². The molecule has 0 unspecified atom stereocenters. The summed E-state index contributed by atoms with van der Waals surface area (Å²) in [5, 5.41) is 2.69. The predicted molar refractivity (Wildman–Crippen MR) is 67.8 cm³/mol. The van der Waals surface area contributed by atoms with Crippen LogP contribution in [0.4, 0.5) is 5.69 Å². The number of esters is 1. The highest BCUT2D eigenvalue weighted by molar-refractivity contribution is 7.16. The molecule has 2 aromatic heterocycles. The average Bonchev–Trinajstić information content (AvgIpc) is 2.88. The van der Waals surface area contributed by atoms with Gasteiger partial charge in [-0.25, -0.2) is 4.79 Å². The summed E-state index contributed by atoms with van der Waals surface area (Å²) >= 11 is 1.09. The van der Waals surface area contributed by atoms with Gasteiger partial charge in [-0.05, 0) is 24.3 Å². The Morgan fingerprint density at radius 2 is 2.06 bits per heavy atom. The van der Waals surface area contributed by atoms with Gasteiger partial charge in [0.1, 0.15) is 4.88 Å².